The lowest BCUT2D eigenvalue weighted by atomic mass is 9.95. The van der Waals surface area contributed by atoms with Gasteiger partial charge in [0.1, 0.15) is 17.3 Å². The molecule has 0 unspecified atom stereocenters. The van der Waals surface area contributed by atoms with E-state index in [-0.39, 0.29) is 17.2 Å². The van der Waals surface area contributed by atoms with E-state index in [1.807, 2.05) is 4.90 Å². The third-order valence-corrected chi connectivity index (χ3v) is 5.77. The molecule has 2 aliphatic heterocycles. The minimum atomic E-state index is -0.720. The first-order chi connectivity index (χ1) is 14.0. The molecular formula is C21H26F2N4O2. The second-order valence-corrected chi connectivity index (χ2v) is 7.84. The number of likely N-dealkylation sites (tertiary alicyclic amines) is 1. The van der Waals surface area contributed by atoms with E-state index < -0.39 is 11.6 Å². The molecule has 0 saturated carbocycles. The van der Waals surface area contributed by atoms with Gasteiger partial charge in [-0.25, -0.2) is 8.78 Å². The average Bonchev–Trinajstić information content (AvgIpc) is 3.10. The van der Waals surface area contributed by atoms with Gasteiger partial charge < -0.3 is 9.64 Å². The maximum Gasteiger partial charge on any atom is 0.257 e. The zero-order valence-electron chi connectivity index (χ0n) is 16.6. The maximum absolute atomic E-state index is 14.3. The van der Waals surface area contributed by atoms with Crippen LogP contribution in [0.15, 0.2) is 24.4 Å². The van der Waals surface area contributed by atoms with Crippen LogP contribution in [0.25, 0.3) is 11.3 Å². The van der Waals surface area contributed by atoms with E-state index in [2.05, 4.69) is 10.00 Å². The van der Waals surface area contributed by atoms with Crippen molar-refractivity contribution in [2.45, 2.75) is 12.8 Å². The van der Waals surface area contributed by atoms with E-state index in [0.717, 1.165) is 51.8 Å². The molecule has 0 aliphatic carbocycles. The van der Waals surface area contributed by atoms with Gasteiger partial charge in [0.25, 0.3) is 5.91 Å². The zero-order chi connectivity index (χ0) is 20.4. The lowest BCUT2D eigenvalue weighted by Gasteiger charge is -2.36. The molecule has 6 nitrogen and oxygen atoms in total. The molecule has 2 aliphatic rings. The van der Waals surface area contributed by atoms with Crippen LogP contribution in [0.4, 0.5) is 8.78 Å². The third kappa shape index (κ3) is 4.48. The van der Waals surface area contributed by atoms with Crippen LogP contribution in [0.3, 0.4) is 0 Å². The number of hydrogen-bond donors (Lipinski definition) is 0. The summed E-state index contributed by atoms with van der Waals surface area (Å²) < 4.78 is 34.4. The Bertz CT molecular complexity index is 872. The predicted octanol–water partition coefficient (Wildman–Crippen LogP) is 2.55. The van der Waals surface area contributed by atoms with Crippen molar-refractivity contribution in [1.29, 1.82) is 0 Å². The van der Waals surface area contributed by atoms with Crippen molar-refractivity contribution in [2.24, 2.45) is 13.0 Å². The summed E-state index contributed by atoms with van der Waals surface area (Å²) in [4.78, 5) is 17.4. The summed E-state index contributed by atoms with van der Waals surface area (Å²) in [5, 5.41) is 4.27. The van der Waals surface area contributed by atoms with Crippen molar-refractivity contribution in [3.8, 4) is 11.3 Å². The van der Waals surface area contributed by atoms with E-state index >= 15 is 0 Å². The number of rotatable bonds is 4. The highest BCUT2D eigenvalue weighted by Crippen LogP contribution is 2.28. The van der Waals surface area contributed by atoms with Gasteiger partial charge in [0.15, 0.2) is 0 Å². The van der Waals surface area contributed by atoms with Gasteiger partial charge in [-0.15, -0.1) is 0 Å². The van der Waals surface area contributed by atoms with Crippen molar-refractivity contribution < 1.29 is 18.3 Å². The van der Waals surface area contributed by atoms with Crippen molar-refractivity contribution in [2.75, 3.05) is 45.9 Å². The van der Waals surface area contributed by atoms with Crippen LogP contribution < -0.4 is 0 Å². The Labute approximate surface area is 169 Å². The molecule has 1 aromatic heterocycles. The second kappa shape index (κ2) is 8.59. The summed E-state index contributed by atoms with van der Waals surface area (Å²) in [6, 6.07) is 3.33. The maximum atomic E-state index is 14.3. The molecule has 2 fully saturated rings. The largest absolute Gasteiger partial charge is 0.379 e. The lowest BCUT2D eigenvalue weighted by molar-refractivity contribution is 0.0243. The van der Waals surface area contributed by atoms with Crippen molar-refractivity contribution in [3.05, 3.63) is 41.6 Å². The Morgan fingerprint density at radius 2 is 1.90 bits per heavy atom. The van der Waals surface area contributed by atoms with Crippen LogP contribution in [0.1, 0.15) is 23.2 Å². The Morgan fingerprint density at radius 1 is 1.17 bits per heavy atom. The van der Waals surface area contributed by atoms with E-state index in [1.165, 1.54) is 16.8 Å². The minimum absolute atomic E-state index is 0.137. The number of morpholine rings is 1. The zero-order valence-corrected chi connectivity index (χ0v) is 16.6. The Balaban J connectivity index is 1.44. The van der Waals surface area contributed by atoms with Crippen LogP contribution in [0.2, 0.25) is 0 Å². The molecule has 0 N–H and O–H groups in total. The molecule has 0 atom stereocenters. The fourth-order valence-corrected chi connectivity index (χ4v) is 4.16. The summed E-state index contributed by atoms with van der Waals surface area (Å²) >= 11 is 0. The highest BCUT2D eigenvalue weighted by Gasteiger charge is 2.28. The standard InChI is InChI=1S/C21H26F2N4O2/c1-25-14-18(20(24-25)17-3-2-16(22)12-19(17)23)21(28)27-6-4-15(5-7-27)13-26-8-10-29-11-9-26/h2-3,12,14-15H,4-11,13H2,1H3. The van der Waals surface area contributed by atoms with E-state index in [9.17, 15) is 13.6 Å². The molecule has 1 aromatic carbocycles. The topological polar surface area (TPSA) is 50.6 Å². The number of nitrogens with zero attached hydrogens (tertiary/aromatic N) is 4. The molecule has 0 spiro atoms. The molecule has 0 radical (unpaired) electrons. The Hall–Kier alpha value is -2.32. The molecule has 1 amide bonds. The van der Waals surface area contributed by atoms with E-state index in [0.29, 0.717) is 24.6 Å². The summed E-state index contributed by atoms with van der Waals surface area (Å²) in [6.45, 7) is 5.93. The summed E-state index contributed by atoms with van der Waals surface area (Å²) in [7, 11) is 1.69. The molecule has 4 rings (SSSR count). The molecular weight excluding hydrogens is 378 g/mol. The fourth-order valence-electron chi connectivity index (χ4n) is 4.16. The lowest BCUT2D eigenvalue weighted by Crippen LogP contribution is -2.44. The van der Waals surface area contributed by atoms with Gasteiger partial charge in [0, 0.05) is 57.6 Å². The SMILES string of the molecule is Cn1cc(C(=O)N2CCC(CN3CCOCC3)CC2)c(-c2ccc(F)cc2F)n1. The molecule has 8 heteroatoms. The molecule has 0 bridgehead atoms. The third-order valence-electron chi connectivity index (χ3n) is 5.77. The average molecular weight is 404 g/mol. The van der Waals surface area contributed by atoms with Gasteiger partial charge in [0.2, 0.25) is 0 Å². The normalized spacial score (nSPS) is 18.9. The summed E-state index contributed by atoms with van der Waals surface area (Å²) in [5.74, 6) is -0.957. The number of hydrogen-bond acceptors (Lipinski definition) is 4. The first-order valence-electron chi connectivity index (χ1n) is 10.1. The minimum Gasteiger partial charge on any atom is -0.379 e. The monoisotopic (exact) mass is 404 g/mol. The summed E-state index contributed by atoms with van der Waals surface area (Å²) in [5.41, 5.74) is 0.743. The first kappa shape index (κ1) is 20.0. The molecule has 156 valence electrons. The highest BCUT2D eigenvalue weighted by molar-refractivity contribution is 5.99. The quantitative estimate of drug-likeness (QED) is 0.786. The number of amides is 1. The number of ether oxygens (including phenoxy) is 1. The molecule has 2 aromatic rings. The van der Waals surface area contributed by atoms with Gasteiger partial charge in [-0.2, -0.15) is 5.10 Å². The first-order valence-corrected chi connectivity index (χ1v) is 10.1. The highest BCUT2D eigenvalue weighted by atomic mass is 19.1. The van der Waals surface area contributed by atoms with Gasteiger partial charge in [-0.3, -0.25) is 14.4 Å². The van der Waals surface area contributed by atoms with E-state index in [4.69, 9.17) is 4.74 Å². The number of piperidine rings is 1. The van der Waals surface area contributed by atoms with E-state index in [1.54, 1.807) is 13.2 Å². The van der Waals surface area contributed by atoms with Crippen molar-refractivity contribution >= 4 is 5.91 Å². The van der Waals surface area contributed by atoms with Gasteiger partial charge in [0.05, 0.1) is 18.8 Å². The van der Waals surface area contributed by atoms with Crippen LogP contribution in [0, 0.1) is 17.6 Å². The number of halogens is 2. The molecule has 3 heterocycles. The molecule has 29 heavy (non-hydrogen) atoms. The number of aromatic nitrogens is 2. The number of carbonyl (C=O) groups is 1. The van der Waals surface area contributed by atoms with Crippen molar-refractivity contribution in [1.82, 2.24) is 19.6 Å². The summed E-state index contributed by atoms with van der Waals surface area (Å²) in [6.07, 6.45) is 3.51. The van der Waals surface area contributed by atoms with Gasteiger partial charge >= 0.3 is 0 Å². The second-order valence-electron chi connectivity index (χ2n) is 7.84. The predicted molar refractivity (Wildman–Crippen MR) is 104 cm³/mol. The van der Waals surface area contributed by atoms with Gasteiger partial charge in [-0.1, -0.05) is 0 Å². The number of aryl methyl sites for hydroxylation is 1. The fraction of sp³-hybridized carbons (Fsp3) is 0.524. The number of carbonyl (C=O) groups excluding carboxylic acids is 1. The Morgan fingerprint density at radius 3 is 2.59 bits per heavy atom. The van der Waals surface area contributed by atoms with Crippen LogP contribution in [-0.4, -0.2) is 71.4 Å². The van der Waals surface area contributed by atoms with Crippen LogP contribution >= 0.6 is 0 Å². The number of benzene rings is 1. The molecule has 2 saturated heterocycles. The van der Waals surface area contributed by atoms with Crippen LogP contribution in [-0.2, 0) is 11.8 Å². The van der Waals surface area contributed by atoms with Crippen molar-refractivity contribution in [3.63, 3.8) is 0 Å². The van der Waals surface area contributed by atoms with Crippen LogP contribution in [0.5, 0.6) is 0 Å². The smallest absolute Gasteiger partial charge is 0.257 e. The Kier molecular flexibility index (Phi) is 5.91. The van der Waals surface area contributed by atoms with Gasteiger partial charge in [-0.05, 0) is 30.9 Å².